The van der Waals surface area contributed by atoms with Crippen LogP contribution in [0.4, 0.5) is 14.6 Å². The van der Waals surface area contributed by atoms with Crippen molar-refractivity contribution in [2.75, 3.05) is 5.32 Å². The van der Waals surface area contributed by atoms with E-state index in [9.17, 15) is 13.6 Å². The number of nitrogens with zero attached hydrogens (tertiary/aromatic N) is 2. The molecule has 0 unspecified atom stereocenters. The Kier molecular flexibility index (Phi) is 4.67. The number of alkyl halides is 2. The molecular formula is C20H13F2N3O3. The smallest absolute Gasteiger partial charge is 0.387 e. The quantitative estimate of drug-likeness (QED) is 0.540. The molecule has 2 aromatic heterocycles. The first-order valence-electron chi connectivity index (χ1n) is 8.23. The zero-order valence-electron chi connectivity index (χ0n) is 14.3. The first kappa shape index (κ1) is 17.6. The number of benzene rings is 2. The van der Waals surface area contributed by atoms with Crippen LogP contribution in [0, 0.1) is 0 Å². The predicted molar refractivity (Wildman–Crippen MR) is 98.3 cm³/mol. The third-order valence-electron chi connectivity index (χ3n) is 4.02. The van der Waals surface area contributed by atoms with Gasteiger partial charge in [0.15, 0.2) is 12.2 Å². The third-order valence-corrected chi connectivity index (χ3v) is 4.02. The van der Waals surface area contributed by atoms with Gasteiger partial charge in [-0.2, -0.15) is 8.78 Å². The molecule has 2 heterocycles. The van der Waals surface area contributed by atoms with E-state index in [0.29, 0.717) is 17.1 Å². The zero-order valence-corrected chi connectivity index (χ0v) is 14.3. The Bertz CT molecular complexity index is 1110. The van der Waals surface area contributed by atoms with Crippen LogP contribution in [0.2, 0.25) is 0 Å². The van der Waals surface area contributed by atoms with E-state index in [1.165, 1.54) is 30.7 Å². The van der Waals surface area contributed by atoms with Crippen LogP contribution in [0.25, 0.3) is 22.1 Å². The number of anilines is 1. The van der Waals surface area contributed by atoms with Crippen molar-refractivity contribution in [3.05, 3.63) is 72.9 Å². The highest BCUT2D eigenvalue weighted by Gasteiger charge is 2.10. The number of ether oxygens (including phenoxy) is 1. The fraction of sp³-hybridized carbons (Fsp3) is 0.0500. The van der Waals surface area contributed by atoms with E-state index < -0.39 is 12.5 Å². The predicted octanol–water partition coefficient (Wildman–Crippen LogP) is 4.74. The van der Waals surface area contributed by atoms with Gasteiger partial charge < -0.3 is 14.5 Å². The number of halogens is 2. The van der Waals surface area contributed by atoms with Crippen molar-refractivity contribution in [1.29, 1.82) is 0 Å². The van der Waals surface area contributed by atoms with Crippen LogP contribution in [-0.4, -0.2) is 22.5 Å². The molecule has 0 saturated heterocycles. The SMILES string of the molecule is O=C(Nc1cc2cc(-c3cnco3)ccc2cn1)c1ccc(OC(F)F)cc1. The lowest BCUT2D eigenvalue weighted by Crippen LogP contribution is -2.13. The Morgan fingerprint density at radius 2 is 1.86 bits per heavy atom. The molecule has 0 atom stereocenters. The van der Waals surface area contributed by atoms with Crippen LogP contribution >= 0.6 is 0 Å². The van der Waals surface area contributed by atoms with Gasteiger partial charge in [0, 0.05) is 22.7 Å². The van der Waals surface area contributed by atoms with Crippen LogP contribution in [-0.2, 0) is 0 Å². The molecule has 0 bridgehead atoms. The number of carbonyl (C=O) groups is 1. The highest BCUT2D eigenvalue weighted by Crippen LogP contribution is 2.25. The standard InChI is InChI=1S/C20H13F2N3O3/c21-20(22)28-16-5-3-12(4-6-16)19(26)25-18-8-15-7-13(17-10-23-11-27-17)1-2-14(15)9-24-18/h1-11,20H,(H,24,25,26). The number of hydrogen-bond acceptors (Lipinski definition) is 5. The van der Waals surface area contributed by atoms with E-state index in [1.807, 2.05) is 18.2 Å². The number of amides is 1. The summed E-state index contributed by atoms with van der Waals surface area (Å²) in [6.45, 7) is -2.91. The summed E-state index contributed by atoms with van der Waals surface area (Å²) in [6, 6.07) is 12.8. The van der Waals surface area contributed by atoms with E-state index in [1.54, 1.807) is 18.5 Å². The van der Waals surface area contributed by atoms with Crippen LogP contribution in [0.1, 0.15) is 10.4 Å². The van der Waals surface area contributed by atoms with Crippen molar-refractivity contribution in [3.8, 4) is 17.1 Å². The topological polar surface area (TPSA) is 77.3 Å². The molecule has 0 aliphatic heterocycles. The number of hydrogen-bond donors (Lipinski definition) is 1. The van der Waals surface area contributed by atoms with Gasteiger partial charge >= 0.3 is 6.61 Å². The van der Waals surface area contributed by atoms with E-state index in [-0.39, 0.29) is 5.75 Å². The Hall–Kier alpha value is -3.81. The normalized spacial score (nSPS) is 11.0. The fourth-order valence-electron chi connectivity index (χ4n) is 2.70. The lowest BCUT2D eigenvalue weighted by molar-refractivity contribution is -0.0498. The molecule has 4 rings (SSSR count). The maximum Gasteiger partial charge on any atom is 0.387 e. The van der Waals surface area contributed by atoms with Crippen molar-refractivity contribution in [2.45, 2.75) is 6.61 Å². The molecule has 0 fully saturated rings. The molecule has 6 nitrogen and oxygen atoms in total. The molecule has 1 N–H and O–H groups in total. The molecule has 0 radical (unpaired) electrons. The maximum absolute atomic E-state index is 12.4. The minimum atomic E-state index is -2.91. The Morgan fingerprint density at radius 1 is 1.04 bits per heavy atom. The molecule has 28 heavy (non-hydrogen) atoms. The average Bonchev–Trinajstić information content (AvgIpc) is 3.22. The fourth-order valence-corrected chi connectivity index (χ4v) is 2.70. The Morgan fingerprint density at radius 3 is 2.57 bits per heavy atom. The minimum absolute atomic E-state index is 0.0182. The molecule has 0 saturated carbocycles. The summed E-state index contributed by atoms with van der Waals surface area (Å²) in [4.78, 5) is 20.5. The van der Waals surface area contributed by atoms with Crippen molar-refractivity contribution in [1.82, 2.24) is 9.97 Å². The van der Waals surface area contributed by atoms with Gasteiger partial charge in [-0.05, 0) is 41.8 Å². The van der Waals surface area contributed by atoms with Gasteiger partial charge in [-0.15, -0.1) is 0 Å². The second kappa shape index (κ2) is 7.43. The van der Waals surface area contributed by atoms with Gasteiger partial charge in [-0.25, -0.2) is 9.97 Å². The Balaban J connectivity index is 1.54. The van der Waals surface area contributed by atoms with E-state index >= 15 is 0 Å². The number of nitrogens with one attached hydrogen (secondary N) is 1. The van der Waals surface area contributed by atoms with Crippen LogP contribution in [0.5, 0.6) is 5.75 Å². The lowest BCUT2D eigenvalue weighted by atomic mass is 10.1. The number of oxazole rings is 1. The van der Waals surface area contributed by atoms with Gasteiger partial charge in [0.2, 0.25) is 0 Å². The summed E-state index contributed by atoms with van der Waals surface area (Å²) < 4.78 is 34.0. The molecule has 0 aliphatic rings. The van der Waals surface area contributed by atoms with Crippen LogP contribution in [0.15, 0.2) is 71.7 Å². The number of rotatable bonds is 5. The van der Waals surface area contributed by atoms with Crippen LogP contribution < -0.4 is 10.1 Å². The second-order valence-corrected chi connectivity index (χ2v) is 5.85. The molecule has 1 amide bonds. The molecule has 4 aromatic rings. The van der Waals surface area contributed by atoms with Gasteiger partial charge in [-0.3, -0.25) is 4.79 Å². The minimum Gasteiger partial charge on any atom is -0.444 e. The molecule has 0 aliphatic carbocycles. The summed E-state index contributed by atoms with van der Waals surface area (Å²) in [5, 5.41) is 4.45. The zero-order chi connectivity index (χ0) is 19.5. The summed E-state index contributed by atoms with van der Waals surface area (Å²) in [6.07, 6.45) is 4.62. The van der Waals surface area contributed by atoms with Crippen molar-refractivity contribution in [2.24, 2.45) is 0 Å². The number of aromatic nitrogens is 2. The van der Waals surface area contributed by atoms with Gasteiger partial charge in [0.1, 0.15) is 11.6 Å². The summed E-state index contributed by atoms with van der Waals surface area (Å²) in [5.74, 6) is 0.563. The van der Waals surface area contributed by atoms with E-state index in [2.05, 4.69) is 20.0 Å². The monoisotopic (exact) mass is 381 g/mol. The van der Waals surface area contributed by atoms with E-state index in [4.69, 9.17) is 4.42 Å². The Labute approximate surface area is 157 Å². The highest BCUT2D eigenvalue weighted by atomic mass is 19.3. The van der Waals surface area contributed by atoms with Crippen molar-refractivity contribution < 1.29 is 22.7 Å². The van der Waals surface area contributed by atoms with E-state index in [0.717, 1.165) is 16.3 Å². The number of fused-ring (bicyclic) bond motifs is 1. The van der Waals surface area contributed by atoms with Gasteiger partial charge in [-0.1, -0.05) is 12.1 Å². The maximum atomic E-state index is 12.4. The average molecular weight is 381 g/mol. The summed E-state index contributed by atoms with van der Waals surface area (Å²) in [5.41, 5.74) is 1.14. The molecule has 8 heteroatoms. The van der Waals surface area contributed by atoms with Crippen LogP contribution in [0.3, 0.4) is 0 Å². The molecular weight excluding hydrogens is 368 g/mol. The summed E-state index contributed by atoms with van der Waals surface area (Å²) in [7, 11) is 0. The second-order valence-electron chi connectivity index (χ2n) is 5.85. The highest BCUT2D eigenvalue weighted by molar-refractivity contribution is 6.04. The van der Waals surface area contributed by atoms with Crippen molar-refractivity contribution in [3.63, 3.8) is 0 Å². The van der Waals surface area contributed by atoms with Gasteiger partial charge in [0.25, 0.3) is 5.91 Å². The van der Waals surface area contributed by atoms with Crippen molar-refractivity contribution >= 4 is 22.5 Å². The third kappa shape index (κ3) is 3.80. The van der Waals surface area contributed by atoms with Gasteiger partial charge in [0.05, 0.1) is 6.20 Å². The first-order valence-corrected chi connectivity index (χ1v) is 8.23. The number of carbonyl (C=O) groups excluding carboxylic acids is 1. The molecule has 2 aromatic carbocycles. The lowest BCUT2D eigenvalue weighted by Gasteiger charge is -2.08. The first-order chi connectivity index (χ1) is 13.6. The largest absolute Gasteiger partial charge is 0.444 e. The summed E-state index contributed by atoms with van der Waals surface area (Å²) >= 11 is 0. The number of pyridine rings is 1. The molecule has 0 spiro atoms. The molecule has 140 valence electrons.